The van der Waals surface area contributed by atoms with Gasteiger partial charge in [-0.25, -0.2) is 4.98 Å². The summed E-state index contributed by atoms with van der Waals surface area (Å²) in [5, 5.41) is 0.561. The second kappa shape index (κ2) is 4.72. The molecule has 18 heavy (non-hydrogen) atoms. The van der Waals surface area contributed by atoms with E-state index in [9.17, 15) is 4.79 Å². The van der Waals surface area contributed by atoms with Crippen molar-refractivity contribution in [3.05, 3.63) is 28.7 Å². The highest BCUT2D eigenvalue weighted by molar-refractivity contribution is 7.98. The molecule has 94 valence electrons. The maximum absolute atomic E-state index is 11.9. The summed E-state index contributed by atoms with van der Waals surface area (Å²) in [6.07, 6.45) is 8.81. The summed E-state index contributed by atoms with van der Waals surface area (Å²) in [7, 11) is 0. The van der Waals surface area contributed by atoms with Gasteiger partial charge in [0.25, 0.3) is 5.56 Å². The normalized spacial score (nSPS) is 16.5. The van der Waals surface area contributed by atoms with Gasteiger partial charge in [-0.3, -0.25) is 4.79 Å². The molecule has 0 atom stereocenters. The maximum Gasteiger partial charge on any atom is 0.283 e. The van der Waals surface area contributed by atoms with Crippen LogP contribution in [0.5, 0.6) is 0 Å². The number of hydrogen-bond acceptors (Lipinski definition) is 4. The van der Waals surface area contributed by atoms with E-state index in [0.29, 0.717) is 16.8 Å². The summed E-state index contributed by atoms with van der Waals surface area (Å²) in [4.78, 5) is 20.4. The molecule has 1 saturated carbocycles. The highest BCUT2D eigenvalue weighted by Crippen LogP contribution is 2.32. The average molecular weight is 261 g/mol. The second-order valence-corrected chi connectivity index (χ2v) is 5.38. The monoisotopic (exact) mass is 261 g/mol. The molecule has 0 aromatic heterocycles. The predicted molar refractivity (Wildman–Crippen MR) is 72.2 cm³/mol. The summed E-state index contributed by atoms with van der Waals surface area (Å²) < 4.78 is 2.16. The quantitative estimate of drug-likeness (QED) is 0.616. The Morgan fingerprint density at radius 3 is 2.83 bits per heavy atom. The molecule has 0 saturated heterocycles. The van der Waals surface area contributed by atoms with Crippen LogP contribution in [0.15, 0.2) is 28.3 Å². The summed E-state index contributed by atoms with van der Waals surface area (Å²) in [6, 6.07) is 4.22. The van der Waals surface area contributed by atoms with Crippen LogP contribution in [0.25, 0.3) is 11.4 Å². The number of aromatic nitrogens is 3. The molecule has 0 radical (unpaired) electrons. The highest BCUT2D eigenvalue weighted by Gasteiger charge is 2.22. The van der Waals surface area contributed by atoms with Gasteiger partial charge >= 0.3 is 0 Å². The third kappa shape index (κ3) is 1.92. The van der Waals surface area contributed by atoms with Crippen molar-refractivity contribution in [2.24, 2.45) is 0 Å². The number of hydrogen-bond donors (Lipinski definition) is 0. The first-order valence-electron chi connectivity index (χ1n) is 6.22. The minimum atomic E-state index is -0.170. The van der Waals surface area contributed by atoms with E-state index in [-0.39, 0.29) is 5.56 Å². The van der Waals surface area contributed by atoms with Crippen molar-refractivity contribution >= 4 is 11.8 Å². The highest BCUT2D eigenvalue weighted by atomic mass is 32.2. The fourth-order valence-corrected chi connectivity index (χ4v) is 2.98. The van der Waals surface area contributed by atoms with Gasteiger partial charge in [0.05, 0.1) is 5.56 Å². The van der Waals surface area contributed by atoms with Crippen LogP contribution in [0.3, 0.4) is 0 Å². The Balaban J connectivity index is 2.19. The van der Waals surface area contributed by atoms with Crippen molar-refractivity contribution in [2.45, 2.75) is 36.9 Å². The Kier molecular flexibility index (Phi) is 3.07. The lowest BCUT2D eigenvalue weighted by atomic mass is 10.2. The number of thioether (sulfide) groups is 1. The molecule has 0 N–H and O–H groups in total. The number of pyridine rings is 1. The average Bonchev–Trinajstić information content (AvgIpc) is 2.91. The molecule has 3 aliphatic rings. The first-order valence-corrected chi connectivity index (χ1v) is 7.45. The molecule has 5 heteroatoms. The van der Waals surface area contributed by atoms with Crippen LogP contribution in [-0.2, 0) is 0 Å². The van der Waals surface area contributed by atoms with Crippen LogP contribution in [0.2, 0.25) is 0 Å². The van der Waals surface area contributed by atoms with E-state index < -0.39 is 0 Å². The van der Waals surface area contributed by atoms with Crippen LogP contribution >= 0.6 is 11.8 Å². The third-order valence-corrected chi connectivity index (χ3v) is 4.07. The SMILES string of the molecule is CSc1nc2n(C3CCCC3)cccc-2c(=O)n1. The maximum atomic E-state index is 11.9. The fraction of sp³-hybridized carbons (Fsp3) is 0.462. The lowest BCUT2D eigenvalue weighted by Gasteiger charge is -2.19. The standard InChI is InChI=1S/C13H15N3OS/c1-18-13-14-11-10(12(17)15-13)7-4-8-16(11)9-5-2-3-6-9/h4,7-9H,2-3,5-6H2,1H3. The van der Waals surface area contributed by atoms with E-state index in [1.54, 1.807) is 0 Å². The van der Waals surface area contributed by atoms with E-state index in [0.717, 1.165) is 5.82 Å². The Bertz CT molecular complexity index is 589. The van der Waals surface area contributed by atoms with Gasteiger partial charge in [0.2, 0.25) is 0 Å². The van der Waals surface area contributed by atoms with E-state index in [1.807, 2.05) is 24.6 Å². The van der Waals surface area contributed by atoms with Gasteiger partial charge in [0.15, 0.2) is 5.16 Å². The summed E-state index contributed by atoms with van der Waals surface area (Å²) in [5.41, 5.74) is 0.457. The molecule has 0 unspecified atom stereocenters. The van der Waals surface area contributed by atoms with Gasteiger partial charge in [-0.05, 0) is 31.2 Å². The molecule has 0 bridgehead atoms. The van der Waals surface area contributed by atoms with Crippen molar-refractivity contribution in [1.82, 2.24) is 14.5 Å². The minimum absolute atomic E-state index is 0.170. The molecule has 0 aromatic carbocycles. The minimum Gasteiger partial charge on any atom is -0.329 e. The van der Waals surface area contributed by atoms with Crippen molar-refractivity contribution < 1.29 is 0 Å². The zero-order chi connectivity index (χ0) is 12.5. The molecule has 0 aromatic rings. The van der Waals surface area contributed by atoms with Gasteiger partial charge in [0.1, 0.15) is 5.82 Å². The molecule has 2 aliphatic heterocycles. The molecular weight excluding hydrogens is 246 g/mol. The van der Waals surface area contributed by atoms with Crippen molar-refractivity contribution in [3.63, 3.8) is 0 Å². The molecule has 1 aliphatic carbocycles. The predicted octanol–water partition coefficient (Wildman–Crippen LogP) is 2.58. The fourth-order valence-electron chi connectivity index (χ4n) is 2.63. The topological polar surface area (TPSA) is 47.8 Å². The van der Waals surface area contributed by atoms with E-state index >= 15 is 0 Å². The zero-order valence-corrected chi connectivity index (χ0v) is 11.1. The van der Waals surface area contributed by atoms with Crippen LogP contribution in [-0.4, -0.2) is 20.8 Å². The van der Waals surface area contributed by atoms with E-state index in [2.05, 4.69) is 14.5 Å². The van der Waals surface area contributed by atoms with Crippen molar-refractivity contribution in [3.8, 4) is 11.4 Å². The van der Waals surface area contributed by atoms with Gasteiger partial charge in [-0.1, -0.05) is 24.6 Å². The van der Waals surface area contributed by atoms with E-state index in [4.69, 9.17) is 0 Å². The van der Waals surface area contributed by atoms with Gasteiger partial charge in [-0.15, -0.1) is 0 Å². The van der Waals surface area contributed by atoms with Crippen LogP contribution < -0.4 is 5.56 Å². The molecule has 1 fully saturated rings. The number of fused-ring (bicyclic) bond motifs is 1. The third-order valence-electron chi connectivity index (χ3n) is 3.52. The van der Waals surface area contributed by atoms with Gasteiger partial charge in [-0.2, -0.15) is 4.98 Å². The Hall–Kier alpha value is -1.36. The molecule has 4 nitrogen and oxygen atoms in total. The smallest absolute Gasteiger partial charge is 0.283 e. The number of rotatable bonds is 2. The Morgan fingerprint density at radius 2 is 2.11 bits per heavy atom. The largest absolute Gasteiger partial charge is 0.329 e. The first kappa shape index (κ1) is 11.7. The Morgan fingerprint density at radius 1 is 1.33 bits per heavy atom. The summed E-state index contributed by atoms with van der Waals surface area (Å²) in [6.45, 7) is 0. The molecule has 0 spiro atoms. The molecule has 3 rings (SSSR count). The van der Waals surface area contributed by atoms with Gasteiger partial charge < -0.3 is 4.57 Å². The summed E-state index contributed by atoms with van der Waals surface area (Å²) in [5.74, 6) is 0.786. The lowest BCUT2D eigenvalue weighted by Crippen LogP contribution is -2.19. The van der Waals surface area contributed by atoms with Crippen molar-refractivity contribution in [2.75, 3.05) is 6.26 Å². The van der Waals surface area contributed by atoms with Crippen molar-refractivity contribution in [1.29, 1.82) is 0 Å². The molecule has 2 heterocycles. The zero-order valence-electron chi connectivity index (χ0n) is 10.3. The second-order valence-electron chi connectivity index (χ2n) is 4.61. The first-order chi connectivity index (χ1) is 8.79. The molecule has 0 amide bonds. The summed E-state index contributed by atoms with van der Waals surface area (Å²) >= 11 is 1.41. The lowest BCUT2D eigenvalue weighted by molar-refractivity contribution is 0.512. The molecular formula is C13H15N3OS. The Labute approximate surface area is 110 Å². The van der Waals surface area contributed by atoms with Crippen LogP contribution in [0.1, 0.15) is 31.7 Å². The number of nitrogens with zero attached hydrogens (tertiary/aromatic N) is 3. The van der Waals surface area contributed by atoms with Crippen LogP contribution in [0.4, 0.5) is 0 Å². The van der Waals surface area contributed by atoms with Crippen LogP contribution in [0, 0.1) is 0 Å². The van der Waals surface area contributed by atoms with Gasteiger partial charge in [0, 0.05) is 12.2 Å². The van der Waals surface area contributed by atoms with E-state index in [1.165, 1.54) is 37.4 Å².